The van der Waals surface area contributed by atoms with E-state index in [-0.39, 0.29) is 30.4 Å². The van der Waals surface area contributed by atoms with Crippen LogP contribution in [0.3, 0.4) is 0 Å². The average Bonchev–Trinajstić information content (AvgIpc) is 3.59. The molecule has 0 aliphatic carbocycles. The topological polar surface area (TPSA) is 108 Å². The maximum atomic E-state index is 13.9. The molecule has 3 aliphatic heterocycles. The number of carbonyl (C=O) groups excluding carboxylic acids is 3. The van der Waals surface area contributed by atoms with Crippen molar-refractivity contribution in [3.05, 3.63) is 71.8 Å². The molecule has 0 saturated carbocycles. The number of likely N-dealkylation sites (tertiary alicyclic amines) is 1. The Labute approximate surface area is 223 Å². The Balaban J connectivity index is 1.34. The van der Waals surface area contributed by atoms with E-state index in [2.05, 4.69) is 10.6 Å². The first-order valence-corrected chi connectivity index (χ1v) is 13.8. The summed E-state index contributed by atoms with van der Waals surface area (Å²) in [6.45, 7) is 1.32. The molecule has 8 nitrogen and oxygen atoms in total. The van der Waals surface area contributed by atoms with E-state index in [1.807, 2.05) is 60.7 Å². The van der Waals surface area contributed by atoms with E-state index < -0.39 is 23.5 Å². The van der Waals surface area contributed by atoms with Gasteiger partial charge in [0.15, 0.2) is 0 Å². The van der Waals surface area contributed by atoms with E-state index >= 15 is 0 Å². The molecule has 3 heterocycles. The summed E-state index contributed by atoms with van der Waals surface area (Å²) in [6.07, 6.45) is 4.03. The number of benzene rings is 2. The summed E-state index contributed by atoms with van der Waals surface area (Å²) in [4.78, 5) is 42.7. The first-order chi connectivity index (χ1) is 18.5. The Bertz CT molecular complexity index is 1130. The summed E-state index contributed by atoms with van der Waals surface area (Å²) in [7, 11) is 0. The Hall–Kier alpha value is -3.23. The summed E-state index contributed by atoms with van der Waals surface area (Å²) >= 11 is 0. The molecule has 5 rings (SSSR count). The third-order valence-corrected chi connectivity index (χ3v) is 8.28. The maximum Gasteiger partial charge on any atom is 0.246 e. The second kappa shape index (κ2) is 11.7. The molecule has 3 amide bonds. The minimum Gasteiger partial charge on any atom is -0.396 e. The van der Waals surface area contributed by atoms with Gasteiger partial charge in [-0.05, 0) is 36.8 Å². The molecule has 1 spiro atoms. The van der Waals surface area contributed by atoms with Gasteiger partial charge in [-0.3, -0.25) is 14.4 Å². The van der Waals surface area contributed by atoms with Crippen molar-refractivity contribution in [3.63, 3.8) is 0 Å². The molecular formula is C30H37N3O5. The Morgan fingerprint density at radius 1 is 0.895 bits per heavy atom. The van der Waals surface area contributed by atoms with Crippen LogP contribution >= 0.6 is 0 Å². The number of unbranched alkanes of at least 4 members (excludes halogenated alkanes) is 3. The van der Waals surface area contributed by atoms with Crippen LogP contribution in [-0.2, 0) is 32.2 Å². The van der Waals surface area contributed by atoms with Crippen LogP contribution < -0.4 is 10.6 Å². The number of aliphatic hydroxyl groups is 1. The fraction of sp³-hybridized carbons (Fsp3) is 0.500. The highest BCUT2D eigenvalue weighted by Gasteiger charge is 2.74. The smallest absolute Gasteiger partial charge is 0.246 e. The van der Waals surface area contributed by atoms with Crippen molar-refractivity contribution in [2.45, 2.75) is 69.4 Å². The maximum absolute atomic E-state index is 13.9. The van der Waals surface area contributed by atoms with Crippen molar-refractivity contribution in [1.29, 1.82) is 0 Å². The van der Waals surface area contributed by atoms with Crippen molar-refractivity contribution in [3.8, 4) is 0 Å². The van der Waals surface area contributed by atoms with Crippen LogP contribution in [-0.4, -0.2) is 58.6 Å². The number of ether oxygens (including phenoxy) is 1. The van der Waals surface area contributed by atoms with E-state index in [0.717, 1.165) is 36.8 Å². The van der Waals surface area contributed by atoms with Crippen molar-refractivity contribution in [1.82, 2.24) is 15.5 Å². The van der Waals surface area contributed by atoms with Gasteiger partial charge in [-0.2, -0.15) is 0 Å². The fourth-order valence-electron chi connectivity index (χ4n) is 6.53. The first kappa shape index (κ1) is 26.4. The van der Waals surface area contributed by atoms with Gasteiger partial charge in [0.1, 0.15) is 11.6 Å². The lowest BCUT2D eigenvalue weighted by molar-refractivity contribution is -0.142. The molecule has 3 N–H and O–H groups in total. The number of carbonyl (C=O) groups is 3. The Morgan fingerprint density at radius 2 is 1.50 bits per heavy atom. The summed E-state index contributed by atoms with van der Waals surface area (Å²) in [5.74, 6) is -1.85. The zero-order valence-corrected chi connectivity index (χ0v) is 21.7. The SMILES string of the molecule is O=C(NCc1ccccc1)C1N(CCCCCCO)C(=O)[C@@H]2[C@@H](C(=O)NCc3ccccc3)[C@H]3CCC12O3. The minimum atomic E-state index is -0.984. The minimum absolute atomic E-state index is 0.146. The van der Waals surface area contributed by atoms with E-state index in [1.165, 1.54) is 0 Å². The molecule has 2 aromatic rings. The van der Waals surface area contributed by atoms with Crippen LogP contribution in [0, 0.1) is 11.8 Å². The molecular weight excluding hydrogens is 482 g/mol. The number of rotatable bonds is 12. The molecule has 8 heteroatoms. The second-order valence-electron chi connectivity index (χ2n) is 10.6. The van der Waals surface area contributed by atoms with Gasteiger partial charge in [-0.1, -0.05) is 73.5 Å². The number of nitrogens with one attached hydrogen (secondary N) is 2. The van der Waals surface area contributed by atoms with E-state index in [1.54, 1.807) is 4.90 Å². The molecule has 2 unspecified atom stereocenters. The van der Waals surface area contributed by atoms with Crippen LogP contribution in [0.5, 0.6) is 0 Å². The fourth-order valence-corrected chi connectivity index (χ4v) is 6.53. The van der Waals surface area contributed by atoms with Gasteiger partial charge >= 0.3 is 0 Å². The van der Waals surface area contributed by atoms with Gasteiger partial charge in [-0.25, -0.2) is 0 Å². The number of aliphatic hydroxyl groups excluding tert-OH is 1. The highest BCUT2D eigenvalue weighted by molar-refractivity contribution is 5.98. The molecule has 5 atom stereocenters. The van der Waals surface area contributed by atoms with Gasteiger partial charge in [0.05, 0.1) is 17.9 Å². The van der Waals surface area contributed by atoms with Gasteiger partial charge in [0.25, 0.3) is 0 Å². The zero-order valence-electron chi connectivity index (χ0n) is 21.7. The summed E-state index contributed by atoms with van der Waals surface area (Å²) in [5.41, 5.74) is 0.979. The van der Waals surface area contributed by atoms with E-state index in [4.69, 9.17) is 9.84 Å². The number of nitrogens with zero attached hydrogens (tertiary/aromatic N) is 1. The third-order valence-electron chi connectivity index (χ3n) is 8.28. The number of amides is 3. The molecule has 3 fully saturated rings. The van der Waals surface area contributed by atoms with Crippen LogP contribution in [0.4, 0.5) is 0 Å². The first-order valence-electron chi connectivity index (χ1n) is 13.8. The van der Waals surface area contributed by atoms with Crippen LogP contribution in [0.25, 0.3) is 0 Å². The van der Waals surface area contributed by atoms with Crippen LogP contribution in [0.2, 0.25) is 0 Å². The van der Waals surface area contributed by atoms with Gasteiger partial charge < -0.3 is 25.4 Å². The van der Waals surface area contributed by atoms with Gasteiger partial charge in [0, 0.05) is 26.2 Å². The molecule has 0 radical (unpaired) electrons. The van der Waals surface area contributed by atoms with E-state index in [9.17, 15) is 14.4 Å². The highest BCUT2D eigenvalue weighted by atomic mass is 16.5. The lowest BCUT2D eigenvalue weighted by Gasteiger charge is -2.33. The van der Waals surface area contributed by atoms with Crippen molar-refractivity contribution >= 4 is 17.7 Å². The van der Waals surface area contributed by atoms with Crippen molar-refractivity contribution in [2.75, 3.05) is 13.2 Å². The van der Waals surface area contributed by atoms with E-state index in [0.29, 0.717) is 32.5 Å². The van der Waals surface area contributed by atoms with Crippen LogP contribution in [0.1, 0.15) is 49.7 Å². The second-order valence-corrected chi connectivity index (χ2v) is 10.6. The van der Waals surface area contributed by atoms with Crippen LogP contribution in [0.15, 0.2) is 60.7 Å². The summed E-state index contributed by atoms with van der Waals surface area (Å²) in [6, 6.07) is 18.6. The third kappa shape index (κ3) is 5.07. The predicted octanol–water partition coefficient (Wildman–Crippen LogP) is 2.55. The molecule has 3 aliphatic rings. The number of fused-ring (bicyclic) bond motifs is 1. The molecule has 2 bridgehead atoms. The lowest BCUT2D eigenvalue weighted by Crippen LogP contribution is -2.55. The summed E-state index contributed by atoms with van der Waals surface area (Å²) in [5, 5.41) is 15.1. The van der Waals surface area contributed by atoms with Crippen molar-refractivity contribution < 1.29 is 24.2 Å². The average molecular weight is 520 g/mol. The zero-order chi connectivity index (χ0) is 26.5. The molecule has 202 valence electrons. The van der Waals surface area contributed by atoms with Gasteiger partial charge in [-0.15, -0.1) is 0 Å². The molecule has 3 saturated heterocycles. The molecule has 0 aromatic heterocycles. The standard InChI is InChI=1S/C30H37N3O5/c34-18-10-2-1-9-17-33-26(28(36)32-20-22-13-7-4-8-14-22)30-16-15-23(38-30)24(25(30)29(33)37)27(35)31-19-21-11-5-3-6-12-21/h3-8,11-14,23-26,34H,1-2,9-10,15-20H2,(H,31,35)(H,32,36)/t23-,24+,25+,26?,30?/m1/s1. The molecule has 2 aromatic carbocycles. The summed E-state index contributed by atoms with van der Waals surface area (Å²) < 4.78 is 6.48. The predicted molar refractivity (Wildman–Crippen MR) is 141 cm³/mol. The number of hydrogen-bond acceptors (Lipinski definition) is 5. The Morgan fingerprint density at radius 3 is 2.13 bits per heavy atom. The largest absolute Gasteiger partial charge is 0.396 e. The quantitative estimate of drug-likeness (QED) is 0.374. The van der Waals surface area contributed by atoms with Crippen molar-refractivity contribution in [2.24, 2.45) is 11.8 Å². The monoisotopic (exact) mass is 519 g/mol. The number of hydrogen-bond donors (Lipinski definition) is 3. The normalized spacial score (nSPS) is 27.4. The lowest BCUT2D eigenvalue weighted by atomic mass is 9.70. The molecule has 38 heavy (non-hydrogen) atoms. The highest BCUT2D eigenvalue weighted by Crippen LogP contribution is 2.58. The Kier molecular flexibility index (Phi) is 8.09. The van der Waals surface area contributed by atoms with Gasteiger partial charge in [0.2, 0.25) is 17.7 Å².